The van der Waals surface area contributed by atoms with Crippen molar-refractivity contribution in [2.75, 3.05) is 13.2 Å². The zero-order valence-corrected chi connectivity index (χ0v) is 18.3. The Morgan fingerprint density at radius 3 is 2.36 bits per heavy atom. The number of carbonyl (C=O) groups excluding carboxylic acids is 2. The van der Waals surface area contributed by atoms with Crippen LogP contribution in [0.4, 0.5) is 9.18 Å². The molecule has 5 nitrogen and oxygen atoms in total. The van der Waals surface area contributed by atoms with Gasteiger partial charge in [-0.1, -0.05) is 33.6 Å². The molecule has 0 spiro atoms. The molecule has 1 aliphatic carbocycles. The highest BCUT2D eigenvalue weighted by molar-refractivity contribution is 5.75. The second-order valence-corrected chi connectivity index (χ2v) is 8.88. The zero-order valence-electron chi connectivity index (χ0n) is 18.3. The van der Waals surface area contributed by atoms with Crippen molar-refractivity contribution in [2.45, 2.75) is 104 Å². The minimum Gasteiger partial charge on any atom is -0.464 e. The molecule has 1 rings (SSSR count). The Morgan fingerprint density at radius 1 is 1.11 bits per heavy atom. The van der Waals surface area contributed by atoms with Crippen LogP contribution in [0.15, 0.2) is 0 Å². The van der Waals surface area contributed by atoms with Crippen LogP contribution in [0, 0.1) is 11.8 Å². The average molecular weight is 401 g/mol. The Labute approximate surface area is 170 Å². The van der Waals surface area contributed by atoms with Crippen LogP contribution in [0.25, 0.3) is 0 Å². The van der Waals surface area contributed by atoms with Gasteiger partial charge in [0.15, 0.2) is 6.17 Å². The second-order valence-electron chi connectivity index (χ2n) is 8.88. The number of hydrogen-bond acceptors (Lipinski definition) is 3. The monoisotopic (exact) mass is 400 g/mol. The molecule has 1 saturated carbocycles. The normalized spacial score (nSPS) is 17.5. The molecule has 2 unspecified atom stereocenters. The van der Waals surface area contributed by atoms with E-state index in [2.05, 4.69) is 36.1 Å². The van der Waals surface area contributed by atoms with Crippen molar-refractivity contribution in [2.24, 2.45) is 11.8 Å². The van der Waals surface area contributed by atoms with E-state index in [1.54, 1.807) is 6.92 Å². The topological polar surface area (TPSA) is 67.4 Å². The molecule has 6 heteroatoms. The van der Waals surface area contributed by atoms with Gasteiger partial charge in [-0.25, -0.2) is 14.0 Å². The predicted molar refractivity (Wildman–Crippen MR) is 111 cm³/mol. The number of nitrogens with one attached hydrogen (secondary N) is 2. The van der Waals surface area contributed by atoms with Gasteiger partial charge >= 0.3 is 12.0 Å². The molecule has 2 N–H and O–H groups in total. The molecule has 0 aromatic heterocycles. The maximum atomic E-state index is 13.5. The first-order valence-corrected chi connectivity index (χ1v) is 11.1. The second kappa shape index (κ2) is 13.0. The van der Waals surface area contributed by atoms with Gasteiger partial charge in [0.05, 0.1) is 6.61 Å². The van der Waals surface area contributed by atoms with E-state index in [0.717, 1.165) is 38.5 Å². The van der Waals surface area contributed by atoms with E-state index < -0.39 is 12.1 Å². The zero-order chi connectivity index (χ0) is 21.0. The van der Waals surface area contributed by atoms with Gasteiger partial charge in [-0.05, 0) is 70.1 Å². The van der Waals surface area contributed by atoms with Crippen molar-refractivity contribution in [3.05, 3.63) is 0 Å². The van der Waals surface area contributed by atoms with Crippen molar-refractivity contribution in [1.82, 2.24) is 10.6 Å². The fourth-order valence-electron chi connectivity index (χ4n) is 4.18. The van der Waals surface area contributed by atoms with E-state index in [1.807, 2.05) is 0 Å². The lowest BCUT2D eigenvalue weighted by Gasteiger charge is -2.44. The number of hydrogen-bond donors (Lipinski definition) is 2. The van der Waals surface area contributed by atoms with Crippen molar-refractivity contribution in [1.29, 1.82) is 0 Å². The highest BCUT2D eigenvalue weighted by Gasteiger charge is 2.39. The number of esters is 1. The lowest BCUT2D eigenvalue weighted by atomic mass is 9.70. The summed E-state index contributed by atoms with van der Waals surface area (Å²) >= 11 is 0. The summed E-state index contributed by atoms with van der Waals surface area (Å²) in [6.07, 6.45) is 7.57. The van der Waals surface area contributed by atoms with Gasteiger partial charge in [0.25, 0.3) is 0 Å². The van der Waals surface area contributed by atoms with E-state index in [-0.39, 0.29) is 24.6 Å². The van der Waals surface area contributed by atoms with E-state index in [1.165, 1.54) is 12.8 Å². The number of alkyl halides is 1. The molecule has 0 bridgehead atoms. The standard InChI is InChI=1S/C22H41FN2O3/c1-5-28-20(26)19(23)11-8-6-7-9-14-24-21(27)25-22(12-10-13-22)16-18(4)15-17(2)3/h17-19H,5-16H2,1-4H3,(H2,24,25,27). The molecule has 28 heavy (non-hydrogen) atoms. The lowest BCUT2D eigenvalue weighted by molar-refractivity contribution is -0.149. The number of amides is 2. The van der Waals surface area contributed by atoms with Gasteiger partial charge in [-0.3, -0.25) is 0 Å². The molecule has 0 aromatic carbocycles. The highest BCUT2D eigenvalue weighted by atomic mass is 19.1. The third-order valence-electron chi connectivity index (χ3n) is 5.51. The van der Waals surface area contributed by atoms with Gasteiger partial charge in [0.2, 0.25) is 0 Å². The Morgan fingerprint density at radius 2 is 1.79 bits per heavy atom. The first kappa shape index (κ1) is 24.7. The molecular formula is C22H41FN2O3. The molecule has 0 aromatic rings. The summed E-state index contributed by atoms with van der Waals surface area (Å²) in [5.74, 6) is 0.550. The smallest absolute Gasteiger partial charge is 0.340 e. The third kappa shape index (κ3) is 9.74. The number of ether oxygens (including phenoxy) is 1. The molecule has 0 heterocycles. The Bertz CT molecular complexity index is 467. The van der Waals surface area contributed by atoms with E-state index in [0.29, 0.717) is 24.8 Å². The molecule has 1 aliphatic rings. The third-order valence-corrected chi connectivity index (χ3v) is 5.51. The molecule has 1 fully saturated rings. The lowest BCUT2D eigenvalue weighted by Crippen LogP contribution is -2.57. The maximum Gasteiger partial charge on any atom is 0.340 e. The number of carbonyl (C=O) groups is 2. The molecule has 0 saturated heterocycles. The molecule has 2 atom stereocenters. The van der Waals surface area contributed by atoms with Crippen LogP contribution in [0.3, 0.4) is 0 Å². The summed E-state index contributed by atoms with van der Waals surface area (Å²) in [5, 5.41) is 6.18. The van der Waals surface area contributed by atoms with Gasteiger partial charge in [0, 0.05) is 12.1 Å². The van der Waals surface area contributed by atoms with Crippen LogP contribution in [-0.4, -0.2) is 36.9 Å². The Kier molecular flexibility index (Phi) is 11.5. The minimum absolute atomic E-state index is 0.0123. The van der Waals surface area contributed by atoms with Crippen LogP contribution in [0.5, 0.6) is 0 Å². The summed E-state index contributed by atoms with van der Waals surface area (Å²) in [7, 11) is 0. The fourth-order valence-corrected chi connectivity index (χ4v) is 4.18. The van der Waals surface area contributed by atoms with E-state index in [9.17, 15) is 14.0 Å². The summed E-state index contributed by atoms with van der Waals surface area (Å²) < 4.78 is 18.1. The van der Waals surface area contributed by atoms with Crippen LogP contribution in [0.2, 0.25) is 0 Å². The van der Waals surface area contributed by atoms with Crippen LogP contribution in [-0.2, 0) is 9.53 Å². The average Bonchev–Trinajstić information content (AvgIpc) is 2.58. The summed E-state index contributed by atoms with van der Waals surface area (Å²) in [6.45, 7) is 9.28. The van der Waals surface area contributed by atoms with Crippen LogP contribution < -0.4 is 10.6 Å². The van der Waals surface area contributed by atoms with Gasteiger partial charge in [-0.2, -0.15) is 0 Å². The van der Waals surface area contributed by atoms with Gasteiger partial charge < -0.3 is 15.4 Å². The first-order chi connectivity index (χ1) is 13.3. The summed E-state index contributed by atoms with van der Waals surface area (Å²) in [5.41, 5.74) is -0.0123. The number of urea groups is 1. The highest BCUT2D eigenvalue weighted by Crippen LogP contribution is 2.38. The Balaban J connectivity index is 2.12. The number of halogens is 1. The Hall–Kier alpha value is -1.33. The van der Waals surface area contributed by atoms with Gasteiger partial charge in [-0.15, -0.1) is 0 Å². The molecule has 0 radical (unpaired) electrons. The maximum absolute atomic E-state index is 13.5. The summed E-state index contributed by atoms with van der Waals surface area (Å²) in [6, 6.07) is -0.0671. The van der Waals surface area contributed by atoms with E-state index in [4.69, 9.17) is 0 Å². The van der Waals surface area contributed by atoms with Crippen LogP contribution in [0.1, 0.15) is 91.9 Å². The number of rotatable bonds is 14. The number of unbranched alkanes of at least 4 members (excludes halogenated alkanes) is 3. The molecule has 0 aliphatic heterocycles. The summed E-state index contributed by atoms with van der Waals surface area (Å²) in [4.78, 5) is 23.4. The predicted octanol–water partition coefficient (Wildman–Crippen LogP) is 5.13. The van der Waals surface area contributed by atoms with E-state index >= 15 is 0 Å². The van der Waals surface area contributed by atoms with Gasteiger partial charge in [0.1, 0.15) is 0 Å². The van der Waals surface area contributed by atoms with Crippen LogP contribution >= 0.6 is 0 Å². The van der Waals surface area contributed by atoms with Crippen molar-refractivity contribution in [3.63, 3.8) is 0 Å². The van der Waals surface area contributed by atoms with Crippen molar-refractivity contribution < 1.29 is 18.7 Å². The van der Waals surface area contributed by atoms with Crippen molar-refractivity contribution >= 4 is 12.0 Å². The largest absolute Gasteiger partial charge is 0.464 e. The molecule has 164 valence electrons. The SMILES string of the molecule is CCOC(=O)C(F)CCCCCCNC(=O)NC1(CC(C)CC(C)C)CCC1. The molecular weight excluding hydrogens is 359 g/mol. The van der Waals surface area contributed by atoms with Crippen molar-refractivity contribution in [3.8, 4) is 0 Å². The first-order valence-electron chi connectivity index (χ1n) is 11.1. The minimum atomic E-state index is -1.51. The fraction of sp³-hybridized carbons (Fsp3) is 0.909. The quantitative estimate of drug-likeness (QED) is 0.314. The molecule has 2 amide bonds.